The third-order valence-corrected chi connectivity index (χ3v) is 6.54. The molecule has 3 saturated heterocycles. The van der Waals surface area contributed by atoms with Crippen molar-refractivity contribution in [3.05, 3.63) is 0 Å². The molecule has 8 atom stereocenters. The number of amides is 4. The Balaban J connectivity index is 0.000000145. The standard InChI is InChI=1S/C11H15NO4.C8H11NO4/c1-5(13)12-7-4-6(10(12)14)8-9(7)16-11(2,3)15-8;1-3(10)9-5-2-4(8(9)13)6(11)7(5)12/h6-9H,4H2,1-3H3;4-7,11-12H,2H2,1H3/t6-,7+,8+,9-;/m0./s1. The van der Waals surface area contributed by atoms with Crippen molar-refractivity contribution in [2.45, 2.75) is 82.8 Å². The number of hydrogen-bond donors (Lipinski definition) is 2. The van der Waals surface area contributed by atoms with Gasteiger partial charge in [-0.3, -0.25) is 29.0 Å². The van der Waals surface area contributed by atoms with E-state index < -0.39 is 30.0 Å². The van der Waals surface area contributed by atoms with Crippen LogP contribution in [0.15, 0.2) is 0 Å². The average Bonchev–Trinajstić information content (AvgIpc) is 3.34. The second kappa shape index (κ2) is 6.56. The molecule has 4 bridgehead atoms. The molecule has 2 N–H and O–H groups in total. The van der Waals surface area contributed by atoms with Gasteiger partial charge >= 0.3 is 0 Å². The third-order valence-electron chi connectivity index (χ3n) is 6.54. The Morgan fingerprint density at radius 2 is 1.34 bits per heavy atom. The van der Waals surface area contributed by atoms with Crippen molar-refractivity contribution < 1.29 is 38.9 Å². The van der Waals surface area contributed by atoms with Crippen molar-refractivity contribution in [3.63, 3.8) is 0 Å². The number of nitrogens with zero attached hydrogens (tertiary/aromatic N) is 2. The van der Waals surface area contributed by atoms with Gasteiger partial charge in [0, 0.05) is 13.8 Å². The van der Waals surface area contributed by atoms with Gasteiger partial charge in [-0.2, -0.15) is 0 Å². The van der Waals surface area contributed by atoms with Crippen LogP contribution in [-0.2, 0) is 28.7 Å². The van der Waals surface area contributed by atoms with Gasteiger partial charge in [-0.15, -0.1) is 0 Å². The lowest BCUT2D eigenvalue weighted by Gasteiger charge is -2.30. The molecule has 0 aromatic heterocycles. The number of carbonyl (C=O) groups excluding carboxylic acids is 4. The number of carbonyl (C=O) groups is 4. The van der Waals surface area contributed by atoms with Crippen LogP contribution in [0, 0.1) is 11.8 Å². The van der Waals surface area contributed by atoms with E-state index in [1.807, 2.05) is 13.8 Å². The quantitative estimate of drug-likeness (QED) is 0.507. The summed E-state index contributed by atoms with van der Waals surface area (Å²) in [4.78, 5) is 48.1. The summed E-state index contributed by atoms with van der Waals surface area (Å²) in [7, 11) is 0. The van der Waals surface area contributed by atoms with E-state index in [0.717, 1.165) is 4.90 Å². The molecule has 5 rings (SSSR count). The highest BCUT2D eigenvalue weighted by atomic mass is 16.8. The Morgan fingerprint density at radius 3 is 1.90 bits per heavy atom. The van der Waals surface area contributed by atoms with Crippen molar-refractivity contribution >= 4 is 23.6 Å². The van der Waals surface area contributed by atoms with Crippen molar-refractivity contribution in [1.29, 1.82) is 0 Å². The minimum Gasteiger partial charge on any atom is -0.390 e. The fourth-order valence-corrected chi connectivity index (χ4v) is 5.42. The van der Waals surface area contributed by atoms with Crippen molar-refractivity contribution in [3.8, 4) is 0 Å². The van der Waals surface area contributed by atoms with Crippen LogP contribution in [0.4, 0.5) is 0 Å². The number of imide groups is 2. The van der Waals surface area contributed by atoms with Gasteiger partial charge in [-0.1, -0.05) is 0 Å². The first kappa shape index (κ1) is 20.4. The molecule has 0 aromatic rings. The number of hydrogen-bond acceptors (Lipinski definition) is 8. The van der Waals surface area contributed by atoms with Gasteiger partial charge in [0.15, 0.2) is 5.79 Å². The molecule has 3 heterocycles. The van der Waals surface area contributed by atoms with Gasteiger partial charge < -0.3 is 19.7 Å². The molecule has 10 heteroatoms. The smallest absolute Gasteiger partial charge is 0.235 e. The molecule has 0 radical (unpaired) electrons. The number of ether oxygens (including phenoxy) is 2. The lowest BCUT2D eigenvalue weighted by Crippen LogP contribution is -2.53. The molecule has 0 aromatic carbocycles. The average molecular weight is 410 g/mol. The van der Waals surface area contributed by atoms with E-state index in [-0.39, 0.29) is 47.8 Å². The fraction of sp³-hybridized carbons (Fsp3) is 0.789. The maximum Gasteiger partial charge on any atom is 0.235 e. The molecular formula is C19H26N2O8. The topological polar surface area (TPSA) is 134 Å². The van der Waals surface area contributed by atoms with Crippen LogP contribution < -0.4 is 0 Å². The molecule has 2 aliphatic carbocycles. The first-order valence-corrected chi connectivity index (χ1v) is 9.83. The summed E-state index contributed by atoms with van der Waals surface area (Å²) in [5, 5.41) is 18.8. The van der Waals surface area contributed by atoms with E-state index in [1.54, 1.807) is 0 Å². The zero-order valence-electron chi connectivity index (χ0n) is 16.8. The first-order chi connectivity index (χ1) is 13.4. The Labute approximate surface area is 167 Å². The molecule has 29 heavy (non-hydrogen) atoms. The summed E-state index contributed by atoms with van der Waals surface area (Å²) in [5.41, 5.74) is 0. The summed E-state index contributed by atoms with van der Waals surface area (Å²) >= 11 is 0. The number of fused-ring (bicyclic) bond motifs is 7. The van der Waals surface area contributed by atoms with Gasteiger partial charge in [0.1, 0.15) is 18.3 Å². The summed E-state index contributed by atoms with van der Waals surface area (Å²) in [5.74, 6) is -2.41. The van der Waals surface area contributed by atoms with Crippen LogP contribution in [0.2, 0.25) is 0 Å². The molecule has 4 unspecified atom stereocenters. The second-order valence-corrected chi connectivity index (χ2v) is 8.82. The van der Waals surface area contributed by atoms with Crippen LogP contribution in [0.25, 0.3) is 0 Å². The van der Waals surface area contributed by atoms with E-state index in [4.69, 9.17) is 9.47 Å². The van der Waals surface area contributed by atoms with E-state index in [0.29, 0.717) is 12.8 Å². The predicted octanol–water partition coefficient (Wildman–Crippen LogP) is -1.23. The fourth-order valence-electron chi connectivity index (χ4n) is 5.42. The second-order valence-electron chi connectivity index (χ2n) is 8.82. The van der Waals surface area contributed by atoms with E-state index in [2.05, 4.69) is 0 Å². The minimum absolute atomic E-state index is 0.0972. The lowest BCUT2D eigenvalue weighted by molar-refractivity contribution is -0.157. The molecule has 0 spiro atoms. The highest BCUT2D eigenvalue weighted by Gasteiger charge is 2.64. The van der Waals surface area contributed by atoms with E-state index in [1.165, 1.54) is 18.7 Å². The van der Waals surface area contributed by atoms with Crippen molar-refractivity contribution in [2.24, 2.45) is 11.8 Å². The molecular weight excluding hydrogens is 384 g/mol. The minimum atomic E-state index is -0.993. The van der Waals surface area contributed by atoms with E-state index in [9.17, 15) is 29.4 Å². The molecule has 3 aliphatic heterocycles. The van der Waals surface area contributed by atoms with E-state index >= 15 is 0 Å². The van der Waals surface area contributed by atoms with Crippen LogP contribution in [0.3, 0.4) is 0 Å². The van der Waals surface area contributed by atoms with Gasteiger partial charge in [-0.25, -0.2) is 0 Å². The molecule has 160 valence electrons. The largest absolute Gasteiger partial charge is 0.390 e. The molecule has 10 nitrogen and oxygen atoms in total. The number of aliphatic hydroxyl groups excluding tert-OH is 2. The molecule has 4 amide bonds. The van der Waals surface area contributed by atoms with Gasteiger partial charge in [0.05, 0.1) is 30.0 Å². The SMILES string of the molecule is CC(=O)N1C(=O)C2CC1C(O)C2O.CC(=O)N1C(=O)[C@H]2C[C@@H]1[C@@H]1OC(C)(C)O[C@@H]12. The number of likely N-dealkylation sites (tertiary alicyclic amines) is 2. The van der Waals surface area contributed by atoms with Crippen LogP contribution in [-0.4, -0.2) is 85.9 Å². The third kappa shape index (κ3) is 2.92. The number of piperidine rings is 2. The van der Waals surface area contributed by atoms with Crippen molar-refractivity contribution in [1.82, 2.24) is 9.80 Å². The summed E-state index contributed by atoms with van der Waals surface area (Å²) in [6, 6.07) is -0.633. The van der Waals surface area contributed by atoms with Gasteiger partial charge in [-0.05, 0) is 26.7 Å². The molecule has 5 fully saturated rings. The Hall–Kier alpha value is -1.88. The highest BCUT2D eigenvalue weighted by Crippen LogP contribution is 2.48. The Morgan fingerprint density at radius 1 is 0.862 bits per heavy atom. The molecule has 5 aliphatic rings. The highest BCUT2D eigenvalue weighted by molar-refractivity contribution is 5.99. The predicted molar refractivity (Wildman–Crippen MR) is 94.7 cm³/mol. The van der Waals surface area contributed by atoms with Gasteiger partial charge in [0.2, 0.25) is 23.6 Å². The number of rotatable bonds is 0. The summed E-state index contributed by atoms with van der Waals surface area (Å²) in [6.45, 7) is 6.40. The Kier molecular flexibility index (Phi) is 4.61. The first-order valence-electron chi connectivity index (χ1n) is 9.83. The van der Waals surface area contributed by atoms with Crippen molar-refractivity contribution in [2.75, 3.05) is 0 Å². The van der Waals surface area contributed by atoms with Gasteiger partial charge in [0.25, 0.3) is 0 Å². The summed E-state index contributed by atoms with van der Waals surface area (Å²) in [6.07, 6.45) is -1.19. The maximum atomic E-state index is 11.9. The Bertz CT molecular complexity index is 782. The summed E-state index contributed by atoms with van der Waals surface area (Å²) < 4.78 is 11.5. The van der Waals surface area contributed by atoms with Crippen LogP contribution >= 0.6 is 0 Å². The monoisotopic (exact) mass is 410 g/mol. The lowest BCUT2D eigenvalue weighted by atomic mass is 10.0. The zero-order valence-corrected chi connectivity index (χ0v) is 16.8. The maximum absolute atomic E-state index is 11.9. The van der Waals surface area contributed by atoms with Crippen LogP contribution in [0.1, 0.15) is 40.5 Å². The normalized spacial score (nSPS) is 43.5. The zero-order chi connectivity index (χ0) is 21.4. The number of aliphatic hydroxyl groups is 2. The molecule has 2 saturated carbocycles. The van der Waals surface area contributed by atoms with Crippen LogP contribution in [0.5, 0.6) is 0 Å².